The second-order valence-corrected chi connectivity index (χ2v) is 6.23. The maximum Gasteiger partial charge on any atom is 0.124 e. The van der Waals surface area contributed by atoms with Crippen LogP contribution in [-0.2, 0) is 0 Å². The molecular formula is C17H19BrClNO. The summed E-state index contributed by atoms with van der Waals surface area (Å²) in [6, 6.07) is 12.1. The quantitative estimate of drug-likeness (QED) is 0.791. The summed E-state index contributed by atoms with van der Waals surface area (Å²) in [5.74, 6) is 0.838. The van der Waals surface area contributed by atoms with Gasteiger partial charge in [-0.3, -0.25) is 0 Å². The summed E-state index contributed by atoms with van der Waals surface area (Å²) in [6.07, 6.45) is 0. The fourth-order valence-corrected chi connectivity index (χ4v) is 3.00. The van der Waals surface area contributed by atoms with Crippen LogP contribution in [0.3, 0.4) is 0 Å². The molecule has 2 nitrogen and oxygen atoms in total. The number of hydrogen-bond acceptors (Lipinski definition) is 2. The van der Waals surface area contributed by atoms with Gasteiger partial charge in [-0.25, -0.2) is 0 Å². The summed E-state index contributed by atoms with van der Waals surface area (Å²) in [5, 5.41) is 4.24. The third kappa shape index (κ3) is 3.79. The molecule has 0 heterocycles. The van der Waals surface area contributed by atoms with Gasteiger partial charge in [0.05, 0.1) is 13.2 Å². The third-order valence-corrected chi connectivity index (χ3v) is 4.19. The Hall–Kier alpha value is -1.03. The molecule has 0 aliphatic heterocycles. The van der Waals surface area contributed by atoms with Gasteiger partial charge in [-0.05, 0) is 54.9 Å². The number of hydrogen-bond donors (Lipinski definition) is 1. The van der Waals surface area contributed by atoms with Crippen LogP contribution in [0.25, 0.3) is 0 Å². The highest BCUT2D eigenvalue weighted by molar-refractivity contribution is 9.10. The Morgan fingerprint density at radius 1 is 1.19 bits per heavy atom. The minimum Gasteiger partial charge on any atom is -0.496 e. The van der Waals surface area contributed by atoms with Gasteiger partial charge in [-0.1, -0.05) is 40.5 Å². The van der Waals surface area contributed by atoms with Crippen molar-refractivity contribution in [2.45, 2.75) is 19.9 Å². The van der Waals surface area contributed by atoms with Crippen LogP contribution < -0.4 is 10.1 Å². The number of ether oxygens (including phenoxy) is 1. The number of aryl methyl sites for hydroxylation is 1. The van der Waals surface area contributed by atoms with Gasteiger partial charge >= 0.3 is 0 Å². The Morgan fingerprint density at radius 3 is 2.62 bits per heavy atom. The molecule has 0 saturated heterocycles. The number of halogens is 2. The zero-order chi connectivity index (χ0) is 15.4. The van der Waals surface area contributed by atoms with Crippen molar-refractivity contribution in [3.63, 3.8) is 0 Å². The van der Waals surface area contributed by atoms with Gasteiger partial charge in [0.25, 0.3) is 0 Å². The van der Waals surface area contributed by atoms with Gasteiger partial charge in [0.15, 0.2) is 0 Å². The van der Waals surface area contributed by atoms with E-state index < -0.39 is 0 Å². The highest BCUT2D eigenvalue weighted by Crippen LogP contribution is 2.34. The fraction of sp³-hybridized carbons (Fsp3) is 0.294. The van der Waals surface area contributed by atoms with E-state index in [0.717, 1.165) is 22.3 Å². The molecular weight excluding hydrogens is 350 g/mol. The fourth-order valence-electron chi connectivity index (χ4n) is 2.44. The summed E-state index contributed by atoms with van der Waals surface area (Å²) in [6.45, 7) is 5.06. The first-order valence-electron chi connectivity index (χ1n) is 6.89. The first kappa shape index (κ1) is 16.3. The molecule has 0 aliphatic carbocycles. The Balaban J connectivity index is 2.58. The van der Waals surface area contributed by atoms with Crippen molar-refractivity contribution in [3.8, 4) is 5.75 Å². The van der Waals surface area contributed by atoms with Crippen molar-refractivity contribution in [2.75, 3.05) is 13.7 Å². The third-order valence-electron chi connectivity index (χ3n) is 3.46. The van der Waals surface area contributed by atoms with Crippen LogP contribution in [0.1, 0.15) is 29.7 Å². The van der Waals surface area contributed by atoms with Gasteiger partial charge in [0.2, 0.25) is 0 Å². The Kier molecular flexibility index (Phi) is 5.68. The molecule has 2 rings (SSSR count). The summed E-state index contributed by atoms with van der Waals surface area (Å²) in [4.78, 5) is 0. The standard InChI is InChI=1S/C17H19BrClNO/c1-4-20-17(14-9-12(18)6-5-11(14)2)15-10-13(19)7-8-16(15)21-3/h5-10,17,20H,4H2,1-3H3. The van der Waals surface area contributed by atoms with Crippen molar-refractivity contribution >= 4 is 27.5 Å². The van der Waals surface area contributed by atoms with E-state index in [4.69, 9.17) is 16.3 Å². The topological polar surface area (TPSA) is 21.3 Å². The summed E-state index contributed by atoms with van der Waals surface area (Å²) in [7, 11) is 1.68. The molecule has 2 aromatic carbocycles. The average Bonchev–Trinajstić information content (AvgIpc) is 2.47. The molecule has 0 saturated carbocycles. The summed E-state index contributed by atoms with van der Waals surface area (Å²) in [5.41, 5.74) is 3.49. The van der Waals surface area contributed by atoms with E-state index in [1.807, 2.05) is 18.2 Å². The van der Waals surface area contributed by atoms with Crippen molar-refractivity contribution in [2.24, 2.45) is 0 Å². The van der Waals surface area contributed by atoms with Crippen molar-refractivity contribution in [3.05, 3.63) is 62.6 Å². The van der Waals surface area contributed by atoms with E-state index in [1.165, 1.54) is 11.1 Å². The SMILES string of the molecule is CCNC(c1cc(Br)ccc1C)c1cc(Cl)ccc1OC. The molecule has 0 fully saturated rings. The van der Waals surface area contributed by atoms with E-state index in [-0.39, 0.29) is 6.04 Å². The second-order valence-electron chi connectivity index (χ2n) is 4.88. The summed E-state index contributed by atoms with van der Waals surface area (Å²) < 4.78 is 6.57. The van der Waals surface area contributed by atoms with Crippen LogP contribution in [0.5, 0.6) is 5.75 Å². The van der Waals surface area contributed by atoms with E-state index in [0.29, 0.717) is 5.02 Å². The predicted octanol–water partition coefficient (Wildman–Crippen LogP) is 5.12. The zero-order valence-corrected chi connectivity index (χ0v) is 14.8. The lowest BCUT2D eigenvalue weighted by Crippen LogP contribution is -2.23. The monoisotopic (exact) mass is 367 g/mol. The molecule has 0 amide bonds. The molecule has 1 atom stereocenters. The molecule has 0 aromatic heterocycles. The first-order chi connectivity index (χ1) is 10.1. The van der Waals surface area contributed by atoms with Gasteiger partial charge in [-0.2, -0.15) is 0 Å². The van der Waals surface area contributed by atoms with Gasteiger partial charge in [0, 0.05) is 15.1 Å². The normalized spacial score (nSPS) is 12.2. The predicted molar refractivity (Wildman–Crippen MR) is 92.4 cm³/mol. The lowest BCUT2D eigenvalue weighted by Gasteiger charge is -2.23. The van der Waals surface area contributed by atoms with Crippen LogP contribution >= 0.6 is 27.5 Å². The Bertz CT molecular complexity index is 630. The Morgan fingerprint density at radius 2 is 1.95 bits per heavy atom. The highest BCUT2D eigenvalue weighted by atomic mass is 79.9. The van der Waals surface area contributed by atoms with Gasteiger partial charge in [0.1, 0.15) is 5.75 Å². The first-order valence-corrected chi connectivity index (χ1v) is 8.06. The number of methoxy groups -OCH3 is 1. The Labute approximate surface area is 139 Å². The smallest absolute Gasteiger partial charge is 0.124 e. The minimum absolute atomic E-state index is 0.0427. The zero-order valence-electron chi connectivity index (χ0n) is 12.4. The van der Waals surface area contributed by atoms with Crippen LogP contribution in [0.2, 0.25) is 5.02 Å². The van der Waals surface area contributed by atoms with Gasteiger partial charge < -0.3 is 10.1 Å². The highest BCUT2D eigenvalue weighted by Gasteiger charge is 2.19. The van der Waals surface area contributed by atoms with E-state index in [9.17, 15) is 0 Å². The molecule has 0 radical (unpaired) electrons. The van der Waals surface area contributed by atoms with Crippen molar-refractivity contribution < 1.29 is 4.74 Å². The van der Waals surface area contributed by atoms with Crippen LogP contribution in [-0.4, -0.2) is 13.7 Å². The molecule has 21 heavy (non-hydrogen) atoms. The van der Waals surface area contributed by atoms with Crippen molar-refractivity contribution in [1.29, 1.82) is 0 Å². The van der Waals surface area contributed by atoms with E-state index >= 15 is 0 Å². The van der Waals surface area contributed by atoms with Gasteiger partial charge in [-0.15, -0.1) is 0 Å². The second kappa shape index (κ2) is 7.30. The lowest BCUT2D eigenvalue weighted by atomic mass is 9.94. The number of nitrogens with one attached hydrogen (secondary N) is 1. The maximum absolute atomic E-state index is 6.18. The van der Waals surface area contributed by atoms with E-state index in [2.05, 4.69) is 53.3 Å². The van der Waals surface area contributed by atoms with Crippen molar-refractivity contribution in [1.82, 2.24) is 5.32 Å². The molecule has 0 spiro atoms. The maximum atomic E-state index is 6.18. The summed E-state index contributed by atoms with van der Waals surface area (Å²) >= 11 is 9.74. The minimum atomic E-state index is 0.0427. The molecule has 4 heteroatoms. The van der Waals surface area contributed by atoms with E-state index in [1.54, 1.807) is 7.11 Å². The lowest BCUT2D eigenvalue weighted by molar-refractivity contribution is 0.404. The number of benzene rings is 2. The molecule has 1 N–H and O–H groups in total. The molecule has 1 unspecified atom stereocenters. The molecule has 2 aromatic rings. The average molecular weight is 369 g/mol. The molecule has 0 aliphatic rings. The molecule has 0 bridgehead atoms. The van der Waals surface area contributed by atoms with Crippen LogP contribution in [0.4, 0.5) is 0 Å². The van der Waals surface area contributed by atoms with Crippen LogP contribution in [0.15, 0.2) is 40.9 Å². The largest absolute Gasteiger partial charge is 0.496 e. The molecule has 112 valence electrons. The van der Waals surface area contributed by atoms with Crippen LogP contribution in [0, 0.1) is 6.92 Å². The number of rotatable bonds is 5.